The Morgan fingerprint density at radius 1 is 1.44 bits per heavy atom. The fraction of sp³-hybridized carbons (Fsp3) is 0.571. The molecule has 0 aromatic heterocycles. The van der Waals surface area contributed by atoms with Gasteiger partial charge >= 0.3 is 0 Å². The molecule has 100 valence electrons. The molecule has 0 saturated heterocycles. The lowest BCUT2D eigenvalue weighted by Crippen LogP contribution is -2.36. The lowest BCUT2D eigenvalue weighted by molar-refractivity contribution is 0.498. The van der Waals surface area contributed by atoms with E-state index in [-0.39, 0.29) is 0 Å². The molecule has 1 N–H and O–H groups in total. The van der Waals surface area contributed by atoms with Crippen LogP contribution in [0.2, 0.25) is 0 Å². The molecular formula is C14H20BrNOS. The summed E-state index contributed by atoms with van der Waals surface area (Å²) < 4.78 is 13.4. The van der Waals surface area contributed by atoms with Gasteiger partial charge in [0.2, 0.25) is 0 Å². The minimum Gasteiger partial charge on any atom is -0.313 e. The second kappa shape index (κ2) is 6.83. The summed E-state index contributed by atoms with van der Waals surface area (Å²) in [7, 11) is -0.918. The van der Waals surface area contributed by atoms with E-state index in [2.05, 4.69) is 28.2 Å². The fourth-order valence-corrected chi connectivity index (χ4v) is 4.31. The van der Waals surface area contributed by atoms with E-state index in [9.17, 15) is 4.21 Å². The average molecular weight is 330 g/mol. The quantitative estimate of drug-likeness (QED) is 0.831. The van der Waals surface area contributed by atoms with Gasteiger partial charge in [-0.25, -0.2) is 0 Å². The summed E-state index contributed by atoms with van der Waals surface area (Å²) in [5, 5.41) is 3.54. The SMILES string of the molecule is CCCNC(CS(=O)c1ccccc1Br)C1CC1. The van der Waals surface area contributed by atoms with Gasteiger partial charge in [0.05, 0.1) is 15.7 Å². The van der Waals surface area contributed by atoms with E-state index in [1.54, 1.807) is 0 Å². The van der Waals surface area contributed by atoms with Gasteiger partial charge in [-0.3, -0.25) is 4.21 Å². The lowest BCUT2D eigenvalue weighted by atomic mass is 10.2. The maximum Gasteiger partial charge on any atom is 0.0556 e. The Bertz CT molecular complexity index is 420. The van der Waals surface area contributed by atoms with Crippen molar-refractivity contribution in [3.05, 3.63) is 28.7 Å². The molecule has 0 aliphatic heterocycles. The zero-order valence-corrected chi connectivity index (χ0v) is 13.1. The van der Waals surface area contributed by atoms with Crippen LogP contribution in [0.4, 0.5) is 0 Å². The molecule has 0 radical (unpaired) electrons. The lowest BCUT2D eigenvalue weighted by Gasteiger charge is -2.17. The maximum atomic E-state index is 12.4. The topological polar surface area (TPSA) is 29.1 Å². The van der Waals surface area contributed by atoms with Crippen LogP contribution in [0.3, 0.4) is 0 Å². The highest BCUT2D eigenvalue weighted by Gasteiger charge is 2.32. The molecule has 1 aliphatic carbocycles. The van der Waals surface area contributed by atoms with Crippen LogP contribution in [0.1, 0.15) is 26.2 Å². The highest BCUT2D eigenvalue weighted by molar-refractivity contribution is 9.10. The van der Waals surface area contributed by atoms with Crippen molar-refractivity contribution in [2.75, 3.05) is 12.3 Å². The summed E-state index contributed by atoms with van der Waals surface area (Å²) in [6, 6.07) is 8.23. The Balaban J connectivity index is 1.98. The van der Waals surface area contributed by atoms with Crippen molar-refractivity contribution < 1.29 is 4.21 Å². The second-order valence-electron chi connectivity index (χ2n) is 4.84. The monoisotopic (exact) mass is 329 g/mol. The summed E-state index contributed by atoms with van der Waals surface area (Å²) in [6.07, 6.45) is 3.70. The van der Waals surface area contributed by atoms with Gasteiger partial charge in [0.15, 0.2) is 0 Å². The zero-order chi connectivity index (χ0) is 13.0. The zero-order valence-electron chi connectivity index (χ0n) is 10.7. The Labute approximate surface area is 120 Å². The number of nitrogens with one attached hydrogen (secondary N) is 1. The summed E-state index contributed by atoms with van der Waals surface area (Å²) in [5.41, 5.74) is 0. The van der Waals surface area contributed by atoms with Crippen molar-refractivity contribution in [1.82, 2.24) is 5.32 Å². The van der Waals surface area contributed by atoms with E-state index in [4.69, 9.17) is 0 Å². The second-order valence-corrected chi connectivity index (χ2v) is 7.16. The van der Waals surface area contributed by atoms with Gasteiger partial charge < -0.3 is 5.32 Å². The Kier molecular flexibility index (Phi) is 5.39. The van der Waals surface area contributed by atoms with Crippen LogP contribution in [0, 0.1) is 5.92 Å². The molecule has 2 unspecified atom stereocenters. The van der Waals surface area contributed by atoms with Crippen molar-refractivity contribution in [2.45, 2.75) is 37.1 Å². The third-order valence-corrected chi connectivity index (χ3v) is 5.72. The van der Waals surface area contributed by atoms with Gasteiger partial charge in [-0.05, 0) is 59.8 Å². The van der Waals surface area contributed by atoms with Crippen molar-refractivity contribution in [3.63, 3.8) is 0 Å². The molecule has 1 aromatic rings. The largest absolute Gasteiger partial charge is 0.313 e. The normalized spacial score (nSPS) is 18.6. The summed E-state index contributed by atoms with van der Waals surface area (Å²) in [6.45, 7) is 3.19. The number of halogens is 1. The van der Waals surface area contributed by atoms with Crippen molar-refractivity contribution in [2.24, 2.45) is 5.92 Å². The van der Waals surface area contributed by atoms with Crippen molar-refractivity contribution in [1.29, 1.82) is 0 Å². The number of benzene rings is 1. The van der Waals surface area contributed by atoms with Crippen LogP contribution in [0.15, 0.2) is 33.6 Å². The molecule has 0 heterocycles. The Morgan fingerprint density at radius 2 is 2.17 bits per heavy atom. The van der Waals surface area contributed by atoms with E-state index in [0.717, 1.165) is 34.0 Å². The molecule has 18 heavy (non-hydrogen) atoms. The number of rotatable bonds is 7. The third-order valence-electron chi connectivity index (χ3n) is 3.26. The molecule has 0 spiro atoms. The molecule has 1 aliphatic rings. The van der Waals surface area contributed by atoms with Crippen LogP contribution in [-0.4, -0.2) is 22.5 Å². The van der Waals surface area contributed by atoms with E-state index in [1.807, 2.05) is 24.3 Å². The highest BCUT2D eigenvalue weighted by atomic mass is 79.9. The van der Waals surface area contributed by atoms with E-state index < -0.39 is 10.8 Å². The van der Waals surface area contributed by atoms with Crippen LogP contribution in [-0.2, 0) is 10.8 Å². The molecule has 2 nitrogen and oxygen atoms in total. The number of hydrogen-bond acceptors (Lipinski definition) is 2. The summed E-state index contributed by atoms with van der Waals surface area (Å²) in [4.78, 5) is 0.918. The predicted molar refractivity (Wildman–Crippen MR) is 80.2 cm³/mol. The van der Waals surface area contributed by atoms with Crippen LogP contribution in [0.5, 0.6) is 0 Å². The van der Waals surface area contributed by atoms with Gasteiger partial charge in [-0.2, -0.15) is 0 Å². The Morgan fingerprint density at radius 3 is 2.78 bits per heavy atom. The first kappa shape index (κ1) is 14.2. The van der Waals surface area contributed by atoms with Gasteiger partial charge in [-0.1, -0.05) is 19.1 Å². The molecule has 2 rings (SSSR count). The predicted octanol–water partition coefficient (Wildman–Crippen LogP) is 3.33. The molecule has 1 fully saturated rings. The van der Waals surface area contributed by atoms with Gasteiger partial charge in [0, 0.05) is 16.3 Å². The van der Waals surface area contributed by atoms with Crippen molar-refractivity contribution >= 4 is 26.7 Å². The van der Waals surface area contributed by atoms with Crippen molar-refractivity contribution in [3.8, 4) is 0 Å². The van der Waals surface area contributed by atoms with E-state index in [0.29, 0.717) is 6.04 Å². The first-order chi connectivity index (χ1) is 8.72. The third kappa shape index (κ3) is 3.90. The van der Waals surface area contributed by atoms with E-state index >= 15 is 0 Å². The molecule has 1 aromatic carbocycles. The highest BCUT2D eigenvalue weighted by Crippen LogP contribution is 2.34. The molecular weight excluding hydrogens is 310 g/mol. The minimum atomic E-state index is -0.918. The van der Waals surface area contributed by atoms with Gasteiger partial charge in [0.25, 0.3) is 0 Å². The van der Waals surface area contributed by atoms with Crippen LogP contribution < -0.4 is 5.32 Å². The van der Waals surface area contributed by atoms with Crippen LogP contribution >= 0.6 is 15.9 Å². The molecule has 4 heteroatoms. The smallest absolute Gasteiger partial charge is 0.0556 e. The number of hydrogen-bond donors (Lipinski definition) is 1. The molecule has 0 bridgehead atoms. The molecule has 2 atom stereocenters. The first-order valence-electron chi connectivity index (χ1n) is 6.58. The first-order valence-corrected chi connectivity index (χ1v) is 8.70. The standard InChI is InChI=1S/C14H20BrNOS/c1-2-9-16-13(11-7-8-11)10-18(17)14-6-4-3-5-12(14)15/h3-6,11,13,16H,2,7-10H2,1H3. The average Bonchev–Trinajstić information content (AvgIpc) is 3.19. The molecule has 1 saturated carbocycles. The Hall–Kier alpha value is -0.190. The van der Waals surface area contributed by atoms with Gasteiger partial charge in [-0.15, -0.1) is 0 Å². The van der Waals surface area contributed by atoms with Crippen LogP contribution in [0.25, 0.3) is 0 Å². The van der Waals surface area contributed by atoms with Gasteiger partial charge in [0.1, 0.15) is 0 Å². The molecule has 0 amide bonds. The minimum absolute atomic E-state index is 0.415. The fourth-order valence-electron chi connectivity index (χ4n) is 2.07. The maximum absolute atomic E-state index is 12.4. The van der Waals surface area contributed by atoms with E-state index in [1.165, 1.54) is 12.8 Å². The summed E-state index contributed by atoms with van der Waals surface area (Å²) in [5.74, 6) is 1.47. The summed E-state index contributed by atoms with van der Waals surface area (Å²) >= 11 is 3.48.